The first-order chi connectivity index (χ1) is 8.31. The summed E-state index contributed by atoms with van der Waals surface area (Å²) in [4.78, 5) is 0. The van der Waals surface area contributed by atoms with Gasteiger partial charge in [-0.3, -0.25) is 0 Å². The average molecular weight is 257 g/mol. The molecule has 3 nitrogen and oxygen atoms in total. The Morgan fingerprint density at radius 1 is 1.11 bits per heavy atom. The second kappa shape index (κ2) is 6.36. The lowest BCUT2D eigenvalue weighted by Crippen LogP contribution is -2.55. The maximum Gasteiger partial charge on any atom is 0.0855 e. The fourth-order valence-electron chi connectivity index (χ4n) is 2.71. The summed E-state index contributed by atoms with van der Waals surface area (Å²) < 4.78 is 11.7. The lowest BCUT2D eigenvalue weighted by molar-refractivity contribution is -0.115. The summed E-state index contributed by atoms with van der Waals surface area (Å²) in [5.41, 5.74) is 6.62. The Balaban J connectivity index is 2.63. The maximum absolute atomic E-state index is 6.36. The van der Waals surface area contributed by atoms with Crippen LogP contribution in [-0.2, 0) is 9.47 Å². The van der Waals surface area contributed by atoms with E-state index in [1.54, 1.807) is 0 Å². The van der Waals surface area contributed by atoms with Gasteiger partial charge in [-0.2, -0.15) is 0 Å². The minimum Gasteiger partial charge on any atom is -0.377 e. The zero-order chi connectivity index (χ0) is 13.8. The van der Waals surface area contributed by atoms with E-state index in [0.717, 1.165) is 19.4 Å². The van der Waals surface area contributed by atoms with Crippen molar-refractivity contribution in [2.45, 2.75) is 78.0 Å². The highest BCUT2D eigenvalue weighted by molar-refractivity contribution is 4.97. The molecule has 1 aliphatic rings. The molecular weight excluding hydrogens is 226 g/mol. The summed E-state index contributed by atoms with van der Waals surface area (Å²) in [7, 11) is 0. The van der Waals surface area contributed by atoms with Crippen LogP contribution in [0.3, 0.4) is 0 Å². The first-order valence-electron chi connectivity index (χ1n) is 7.32. The van der Waals surface area contributed by atoms with Gasteiger partial charge in [0.05, 0.1) is 24.4 Å². The van der Waals surface area contributed by atoms with E-state index in [1.807, 2.05) is 13.8 Å². The van der Waals surface area contributed by atoms with Crippen LogP contribution in [0.4, 0.5) is 0 Å². The summed E-state index contributed by atoms with van der Waals surface area (Å²) in [6.07, 6.45) is 4.70. The van der Waals surface area contributed by atoms with Crippen LogP contribution in [0, 0.1) is 5.41 Å². The van der Waals surface area contributed by atoms with Crippen molar-refractivity contribution in [1.29, 1.82) is 0 Å². The smallest absolute Gasteiger partial charge is 0.0855 e. The molecule has 0 bridgehead atoms. The standard InChI is InChI=1S/C15H31NO2/c1-6-18-15(13(16)11-17-12(2)3)9-7-14(4,5)8-10-15/h12-13H,6-11,16H2,1-5H3. The molecule has 1 atom stereocenters. The van der Waals surface area contributed by atoms with E-state index in [0.29, 0.717) is 12.0 Å². The summed E-state index contributed by atoms with van der Waals surface area (Å²) in [5, 5.41) is 0. The Morgan fingerprint density at radius 3 is 2.11 bits per heavy atom. The molecule has 0 aliphatic heterocycles. The molecule has 1 rings (SSSR count). The van der Waals surface area contributed by atoms with Crippen molar-refractivity contribution >= 4 is 0 Å². The van der Waals surface area contributed by atoms with E-state index < -0.39 is 0 Å². The average Bonchev–Trinajstić information content (AvgIpc) is 2.29. The Bertz CT molecular complexity index is 241. The van der Waals surface area contributed by atoms with Gasteiger partial charge in [-0.05, 0) is 51.9 Å². The van der Waals surface area contributed by atoms with Gasteiger partial charge in [0.25, 0.3) is 0 Å². The summed E-state index contributed by atoms with van der Waals surface area (Å²) in [5.74, 6) is 0. The number of rotatable bonds is 6. The van der Waals surface area contributed by atoms with Crippen LogP contribution in [0.15, 0.2) is 0 Å². The Kier molecular flexibility index (Phi) is 5.63. The molecule has 108 valence electrons. The lowest BCUT2D eigenvalue weighted by atomic mass is 9.68. The Morgan fingerprint density at radius 2 is 1.67 bits per heavy atom. The molecule has 1 saturated carbocycles. The van der Waals surface area contributed by atoms with Crippen molar-refractivity contribution in [1.82, 2.24) is 0 Å². The van der Waals surface area contributed by atoms with E-state index in [9.17, 15) is 0 Å². The largest absolute Gasteiger partial charge is 0.377 e. The van der Waals surface area contributed by atoms with E-state index in [1.165, 1.54) is 12.8 Å². The van der Waals surface area contributed by atoms with Crippen LogP contribution < -0.4 is 5.73 Å². The quantitative estimate of drug-likeness (QED) is 0.795. The van der Waals surface area contributed by atoms with Crippen molar-refractivity contribution in [3.8, 4) is 0 Å². The normalized spacial score (nSPS) is 24.2. The van der Waals surface area contributed by atoms with E-state index >= 15 is 0 Å². The highest BCUT2D eigenvalue weighted by atomic mass is 16.5. The topological polar surface area (TPSA) is 44.5 Å². The molecule has 1 unspecified atom stereocenters. The molecular formula is C15H31NO2. The van der Waals surface area contributed by atoms with E-state index in [4.69, 9.17) is 15.2 Å². The third kappa shape index (κ3) is 4.22. The summed E-state index contributed by atoms with van der Waals surface area (Å²) in [6, 6.07) is -0.0176. The van der Waals surface area contributed by atoms with Crippen molar-refractivity contribution < 1.29 is 9.47 Å². The molecule has 0 radical (unpaired) electrons. The second-order valence-corrected chi connectivity index (χ2v) is 6.65. The van der Waals surface area contributed by atoms with Crippen LogP contribution in [0.2, 0.25) is 0 Å². The van der Waals surface area contributed by atoms with E-state index in [-0.39, 0.29) is 17.7 Å². The number of hydrogen-bond acceptors (Lipinski definition) is 3. The minimum absolute atomic E-state index is 0.0176. The van der Waals surface area contributed by atoms with Crippen molar-refractivity contribution in [3.63, 3.8) is 0 Å². The minimum atomic E-state index is -0.167. The van der Waals surface area contributed by atoms with Gasteiger partial charge in [0.2, 0.25) is 0 Å². The van der Waals surface area contributed by atoms with Crippen LogP contribution in [-0.4, -0.2) is 31.0 Å². The molecule has 18 heavy (non-hydrogen) atoms. The molecule has 0 aromatic carbocycles. The molecule has 0 spiro atoms. The zero-order valence-corrected chi connectivity index (χ0v) is 12.8. The van der Waals surface area contributed by atoms with Crippen LogP contribution in [0.5, 0.6) is 0 Å². The van der Waals surface area contributed by atoms with Gasteiger partial charge in [-0.25, -0.2) is 0 Å². The first kappa shape index (κ1) is 15.9. The molecule has 0 aromatic heterocycles. The van der Waals surface area contributed by atoms with Crippen LogP contribution in [0.1, 0.15) is 60.3 Å². The number of nitrogens with two attached hydrogens (primary N) is 1. The van der Waals surface area contributed by atoms with Crippen molar-refractivity contribution in [2.75, 3.05) is 13.2 Å². The molecule has 3 heteroatoms. The fourth-order valence-corrected chi connectivity index (χ4v) is 2.71. The fraction of sp³-hybridized carbons (Fsp3) is 1.00. The molecule has 0 saturated heterocycles. The SMILES string of the molecule is CCOC1(C(N)COC(C)C)CCC(C)(C)CC1. The second-order valence-electron chi connectivity index (χ2n) is 6.65. The predicted molar refractivity (Wildman–Crippen MR) is 75.7 cm³/mol. The Labute approximate surface area is 112 Å². The zero-order valence-electron chi connectivity index (χ0n) is 12.8. The number of ether oxygens (including phenoxy) is 2. The van der Waals surface area contributed by atoms with Gasteiger partial charge >= 0.3 is 0 Å². The lowest BCUT2D eigenvalue weighted by Gasteiger charge is -2.46. The monoisotopic (exact) mass is 257 g/mol. The van der Waals surface area contributed by atoms with Gasteiger partial charge in [0, 0.05) is 6.61 Å². The van der Waals surface area contributed by atoms with E-state index in [2.05, 4.69) is 20.8 Å². The van der Waals surface area contributed by atoms with Gasteiger partial charge in [-0.15, -0.1) is 0 Å². The molecule has 1 fully saturated rings. The third-order valence-corrected chi connectivity index (χ3v) is 4.17. The third-order valence-electron chi connectivity index (χ3n) is 4.17. The van der Waals surface area contributed by atoms with Crippen LogP contribution in [0.25, 0.3) is 0 Å². The molecule has 1 aliphatic carbocycles. The van der Waals surface area contributed by atoms with Gasteiger partial charge in [0.1, 0.15) is 0 Å². The van der Waals surface area contributed by atoms with Crippen molar-refractivity contribution in [3.05, 3.63) is 0 Å². The molecule has 2 N–H and O–H groups in total. The molecule has 0 aromatic rings. The molecule has 0 amide bonds. The summed E-state index contributed by atoms with van der Waals surface area (Å²) >= 11 is 0. The van der Waals surface area contributed by atoms with Crippen molar-refractivity contribution in [2.24, 2.45) is 11.1 Å². The first-order valence-corrected chi connectivity index (χ1v) is 7.32. The van der Waals surface area contributed by atoms with Gasteiger partial charge < -0.3 is 15.2 Å². The highest BCUT2D eigenvalue weighted by Crippen LogP contribution is 2.43. The predicted octanol–water partition coefficient (Wildman–Crippen LogP) is 3.11. The summed E-state index contributed by atoms with van der Waals surface area (Å²) in [6.45, 7) is 12.1. The maximum atomic E-state index is 6.36. The number of hydrogen-bond donors (Lipinski definition) is 1. The highest BCUT2D eigenvalue weighted by Gasteiger charge is 2.43. The molecule has 0 heterocycles. The Hall–Kier alpha value is -0.120. The van der Waals surface area contributed by atoms with Crippen LogP contribution >= 0.6 is 0 Å². The van der Waals surface area contributed by atoms with Gasteiger partial charge in [0.15, 0.2) is 0 Å². The van der Waals surface area contributed by atoms with Gasteiger partial charge in [-0.1, -0.05) is 13.8 Å².